The summed E-state index contributed by atoms with van der Waals surface area (Å²) in [6.45, 7) is 0.792. The van der Waals surface area contributed by atoms with Crippen molar-refractivity contribution in [3.05, 3.63) is 71.8 Å². The molecule has 0 saturated heterocycles. The highest BCUT2D eigenvalue weighted by Gasteiger charge is 2.13. The minimum atomic E-state index is 0.0396. The monoisotopic (exact) mass is 318 g/mol. The van der Waals surface area contributed by atoms with Crippen LogP contribution in [0.15, 0.2) is 60.7 Å². The fraction of sp³-hybridized carbons (Fsp3) is 0.294. The van der Waals surface area contributed by atoms with E-state index in [4.69, 9.17) is 4.74 Å². The summed E-state index contributed by atoms with van der Waals surface area (Å²) in [7, 11) is 0. The van der Waals surface area contributed by atoms with Gasteiger partial charge in [0.2, 0.25) is 0 Å². The molecule has 0 heterocycles. The molecule has 0 aliphatic heterocycles. The lowest BCUT2D eigenvalue weighted by Crippen LogP contribution is -2.07. The third kappa shape index (κ3) is 4.48. The number of hydrogen-bond donors (Lipinski definition) is 0. The van der Waals surface area contributed by atoms with Crippen LogP contribution in [0.5, 0.6) is 0 Å². The molecule has 0 aliphatic rings. The van der Waals surface area contributed by atoms with Crippen molar-refractivity contribution in [1.29, 1.82) is 0 Å². The Balaban J connectivity index is 2.10. The zero-order valence-electron chi connectivity index (χ0n) is 11.0. The summed E-state index contributed by atoms with van der Waals surface area (Å²) in [5.41, 5.74) is 2.43. The first-order chi connectivity index (χ1) is 9.42. The zero-order chi connectivity index (χ0) is 13.3. The van der Waals surface area contributed by atoms with Crippen molar-refractivity contribution in [2.45, 2.75) is 18.9 Å². The first-order valence-corrected chi connectivity index (χ1v) is 7.81. The molecule has 2 aromatic rings. The van der Waals surface area contributed by atoms with Gasteiger partial charge in [0.15, 0.2) is 0 Å². The van der Waals surface area contributed by atoms with Gasteiger partial charge in [-0.3, -0.25) is 0 Å². The van der Waals surface area contributed by atoms with Crippen molar-refractivity contribution in [3.63, 3.8) is 0 Å². The van der Waals surface area contributed by atoms with Crippen molar-refractivity contribution in [1.82, 2.24) is 0 Å². The number of hydrogen-bond acceptors (Lipinski definition) is 1. The van der Waals surface area contributed by atoms with Crippen LogP contribution in [-0.2, 0) is 4.74 Å². The standard InChI is InChI=1S/C17H19BrO/c18-13-7-8-14-19-17(15-9-3-1-4-10-15)16-11-5-2-6-12-16/h1-6,9-12,17H,7-8,13-14H2. The van der Waals surface area contributed by atoms with Crippen LogP contribution in [0, 0.1) is 0 Å². The fourth-order valence-electron chi connectivity index (χ4n) is 2.04. The van der Waals surface area contributed by atoms with Gasteiger partial charge in [-0.05, 0) is 24.0 Å². The van der Waals surface area contributed by atoms with E-state index in [9.17, 15) is 0 Å². The molecule has 1 nitrogen and oxygen atoms in total. The Bertz CT molecular complexity index is 416. The molecule has 0 spiro atoms. The van der Waals surface area contributed by atoms with Crippen molar-refractivity contribution in [3.8, 4) is 0 Å². The van der Waals surface area contributed by atoms with Gasteiger partial charge in [0.25, 0.3) is 0 Å². The second-order valence-corrected chi connectivity index (χ2v) is 5.26. The first kappa shape index (κ1) is 14.3. The lowest BCUT2D eigenvalue weighted by molar-refractivity contribution is 0.0780. The number of alkyl halides is 1. The predicted molar refractivity (Wildman–Crippen MR) is 83.7 cm³/mol. The summed E-state index contributed by atoms with van der Waals surface area (Å²) in [6, 6.07) is 20.8. The average Bonchev–Trinajstić information content (AvgIpc) is 2.49. The van der Waals surface area contributed by atoms with Gasteiger partial charge >= 0.3 is 0 Å². The Hall–Kier alpha value is -1.12. The smallest absolute Gasteiger partial charge is 0.108 e. The highest BCUT2D eigenvalue weighted by atomic mass is 79.9. The maximum absolute atomic E-state index is 6.10. The molecule has 2 aromatic carbocycles. The van der Waals surface area contributed by atoms with Crippen LogP contribution in [-0.4, -0.2) is 11.9 Å². The second kappa shape index (κ2) is 8.13. The van der Waals surface area contributed by atoms with Crippen LogP contribution in [0.25, 0.3) is 0 Å². The minimum Gasteiger partial charge on any atom is -0.369 e. The molecule has 0 N–H and O–H groups in total. The van der Waals surface area contributed by atoms with Crippen LogP contribution >= 0.6 is 15.9 Å². The molecule has 0 radical (unpaired) electrons. The minimum absolute atomic E-state index is 0.0396. The van der Waals surface area contributed by atoms with Gasteiger partial charge in [-0.15, -0.1) is 0 Å². The van der Waals surface area contributed by atoms with Gasteiger partial charge in [0.05, 0.1) is 0 Å². The largest absolute Gasteiger partial charge is 0.369 e. The van der Waals surface area contributed by atoms with Gasteiger partial charge in [-0.1, -0.05) is 76.6 Å². The van der Waals surface area contributed by atoms with Crippen molar-refractivity contribution in [2.24, 2.45) is 0 Å². The maximum Gasteiger partial charge on any atom is 0.108 e. The molecule has 0 amide bonds. The highest BCUT2D eigenvalue weighted by Crippen LogP contribution is 2.25. The molecule has 0 atom stereocenters. The maximum atomic E-state index is 6.10. The topological polar surface area (TPSA) is 9.23 Å². The van der Waals surface area contributed by atoms with Crippen molar-refractivity contribution >= 4 is 15.9 Å². The summed E-state index contributed by atoms with van der Waals surface area (Å²) in [6.07, 6.45) is 2.27. The van der Waals surface area contributed by atoms with Crippen molar-refractivity contribution in [2.75, 3.05) is 11.9 Å². The van der Waals surface area contributed by atoms with Gasteiger partial charge in [-0.25, -0.2) is 0 Å². The first-order valence-electron chi connectivity index (χ1n) is 6.69. The van der Waals surface area contributed by atoms with Crippen LogP contribution in [0.3, 0.4) is 0 Å². The quantitative estimate of drug-likeness (QED) is 0.517. The van der Waals surface area contributed by atoms with Gasteiger partial charge in [-0.2, -0.15) is 0 Å². The van der Waals surface area contributed by atoms with E-state index in [0.717, 1.165) is 24.8 Å². The Morgan fingerprint density at radius 3 is 1.79 bits per heavy atom. The molecule has 2 rings (SSSR count). The molecular weight excluding hydrogens is 300 g/mol. The summed E-state index contributed by atoms with van der Waals surface area (Å²) in [4.78, 5) is 0. The number of rotatable bonds is 7. The second-order valence-electron chi connectivity index (χ2n) is 4.47. The van der Waals surface area contributed by atoms with Crippen LogP contribution < -0.4 is 0 Å². The van der Waals surface area contributed by atoms with Crippen LogP contribution in [0.4, 0.5) is 0 Å². The van der Waals surface area contributed by atoms with E-state index in [1.54, 1.807) is 0 Å². The Morgan fingerprint density at radius 1 is 0.789 bits per heavy atom. The van der Waals surface area contributed by atoms with Crippen LogP contribution in [0.1, 0.15) is 30.1 Å². The molecule has 19 heavy (non-hydrogen) atoms. The Morgan fingerprint density at radius 2 is 1.32 bits per heavy atom. The third-order valence-corrected chi connectivity index (χ3v) is 3.58. The number of unbranched alkanes of at least 4 members (excludes halogenated alkanes) is 1. The van der Waals surface area contributed by atoms with E-state index in [1.165, 1.54) is 11.1 Å². The Kier molecular flexibility index (Phi) is 6.12. The number of halogens is 1. The highest BCUT2D eigenvalue weighted by molar-refractivity contribution is 9.09. The molecule has 0 fully saturated rings. The molecule has 0 bridgehead atoms. The average molecular weight is 319 g/mol. The molecular formula is C17H19BrO. The lowest BCUT2D eigenvalue weighted by atomic mass is 10.0. The predicted octanol–water partition coefficient (Wildman–Crippen LogP) is 4.97. The molecule has 0 saturated carbocycles. The van der Waals surface area contributed by atoms with E-state index in [0.29, 0.717) is 0 Å². The number of ether oxygens (including phenoxy) is 1. The van der Waals surface area contributed by atoms with Gasteiger partial charge in [0, 0.05) is 11.9 Å². The van der Waals surface area contributed by atoms with Crippen molar-refractivity contribution < 1.29 is 4.74 Å². The van der Waals surface area contributed by atoms with Crippen LogP contribution in [0.2, 0.25) is 0 Å². The summed E-state index contributed by atoms with van der Waals surface area (Å²) in [5.74, 6) is 0. The van der Waals surface area contributed by atoms with E-state index >= 15 is 0 Å². The van der Waals surface area contributed by atoms with E-state index in [-0.39, 0.29) is 6.10 Å². The molecule has 0 aromatic heterocycles. The number of benzene rings is 2. The summed E-state index contributed by atoms with van der Waals surface area (Å²) < 4.78 is 6.10. The van der Waals surface area contributed by atoms with E-state index < -0.39 is 0 Å². The fourth-order valence-corrected chi connectivity index (χ4v) is 2.43. The molecule has 100 valence electrons. The Labute approximate surface area is 123 Å². The molecule has 0 unspecified atom stereocenters. The van der Waals surface area contributed by atoms with Gasteiger partial charge < -0.3 is 4.74 Å². The zero-order valence-corrected chi connectivity index (χ0v) is 12.6. The van der Waals surface area contributed by atoms with Gasteiger partial charge in [0.1, 0.15) is 6.10 Å². The third-order valence-electron chi connectivity index (χ3n) is 3.02. The summed E-state index contributed by atoms with van der Waals surface area (Å²) >= 11 is 3.45. The summed E-state index contributed by atoms with van der Waals surface area (Å²) in [5, 5.41) is 1.04. The molecule has 2 heteroatoms. The van der Waals surface area contributed by atoms with E-state index in [2.05, 4.69) is 64.5 Å². The molecule has 0 aliphatic carbocycles. The lowest BCUT2D eigenvalue weighted by Gasteiger charge is -2.19. The van der Waals surface area contributed by atoms with E-state index in [1.807, 2.05) is 12.1 Å². The normalized spacial score (nSPS) is 10.8. The SMILES string of the molecule is BrCCCCOC(c1ccccc1)c1ccccc1.